The van der Waals surface area contributed by atoms with Gasteiger partial charge in [-0.2, -0.15) is 0 Å². The Bertz CT molecular complexity index is 1180. The Hall–Kier alpha value is -2.35. The van der Waals surface area contributed by atoms with Gasteiger partial charge in [0.1, 0.15) is 0 Å². The average molecular weight is 501 g/mol. The summed E-state index contributed by atoms with van der Waals surface area (Å²) in [5.74, 6) is 0. The van der Waals surface area contributed by atoms with Crippen LogP contribution in [0.3, 0.4) is 0 Å². The van der Waals surface area contributed by atoms with E-state index in [1.165, 1.54) is 33.6 Å². The van der Waals surface area contributed by atoms with Crippen molar-refractivity contribution in [1.29, 1.82) is 0 Å². The molecule has 31 heavy (non-hydrogen) atoms. The molecule has 0 radical (unpaired) electrons. The molecule has 0 amide bonds. The summed E-state index contributed by atoms with van der Waals surface area (Å²) in [6, 6.07) is 26.2. The second kappa shape index (κ2) is 7.97. The molecule has 2 aliphatic carbocycles. The summed E-state index contributed by atoms with van der Waals surface area (Å²) in [5.41, 5.74) is 8.37. The zero-order chi connectivity index (χ0) is 20.8. The number of aromatic nitrogens is 2. The number of alkyl halides is 1. The van der Waals surface area contributed by atoms with Crippen LogP contribution in [0.5, 0.6) is 0 Å². The number of hydrogen-bond donors (Lipinski definition) is 0. The maximum absolute atomic E-state index is 6.93. The van der Waals surface area contributed by atoms with Gasteiger partial charge >= 0.3 is 197 Å². The number of nitrogens with zero attached hydrogens (tertiary/aromatic N) is 2. The number of hydrogen-bond acceptors (Lipinski definition) is 0. The van der Waals surface area contributed by atoms with Crippen molar-refractivity contribution in [3.8, 4) is 0 Å². The van der Waals surface area contributed by atoms with Crippen molar-refractivity contribution < 1.29 is 21.8 Å². The van der Waals surface area contributed by atoms with Gasteiger partial charge in [0.25, 0.3) is 0 Å². The first-order chi connectivity index (χ1) is 15.3. The maximum atomic E-state index is 6.93. The molecule has 2 unspecified atom stereocenters. The number of halogens is 1. The third-order valence-corrected chi connectivity index (χ3v) is 15.7. The fourth-order valence-electron chi connectivity index (χ4n) is 5.18. The first-order valence-electron chi connectivity index (χ1n) is 10.6. The normalized spacial score (nSPS) is 19.0. The molecule has 2 heterocycles. The molecular weight excluding hydrogens is 479 g/mol. The first-order valence-corrected chi connectivity index (χ1v) is 15.8. The molecule has 0 saturated heterocycles. The van der Waals surface area contributed by atoms with Crippen LogP contribution in [-0.2, 0) is 21.8 Å². The van der Waals surface area contributed by atoms with Crippen LogP contribution in [0.1, 0.15) is 29.5 Å². The summed E-state index contributed by atoms with van der Waals surface area (Å²) in [5, 5.41) is 0. The van der Waals surface area contributed by atoms with Gasteiger partial charge in [-0.3, -0.25) is 0 Å². The van der Waals surface area contributed by atoms with Crippen LogP contribution in [0.2, 0.25) is 0 Å². The van der Waals surface area contributed by atoms with Crippen molar-refractivity contribution in [3.05, 3.63) is 120 Å². The third-order valence-electron chi connectivity index (χ3n) is 6.51. The Morgan fingerprint density at radius 1 is 0.613 bits per heavy atom. The molecule has 151 valence electrons. The van der Waals surface area contributed by atoms with E-state index < -0.39 is 21.8 Å². The average Bonchev–Trinajstić information content (AvgIpc) is 3.60. The Labute approximate surface area is 195 Å². The van der Waals surface area contributed by atoms with E-state index in [1.54, 1.807) is 0 Å². The van der Waals surface area contributed by atoms with Crippen molar-refractivity contribution in [2.75, 3.05) is 3.59 Å². The number of allylic oxidation sites excluding steroid dienone is 2. The number of benzene rings is 2. The van der Waals surface area contributed by atoms with E-state index in [0.29, 0.717) is 7.25 Å². The molecule has 2 aromatic heterocycles. The third kappa shape index (κ3) is 3.18. The van der Waals surface area contributed by atoms with Gasteiger partial charge in [0.05, 0.1) is 0 Å². The van der Waals surface area contributed by atoms with Crippen LogP contribution in [0.15, 0.2) is 97.6 Å². The van der Waals surface area contributed by atoms with E-state index in [0.717, 1.165) is 3.59 Å². The molecule has 0 spiro atoms. The fraction of sp³-hybridized carbons (Fsp3) is 0.111. The van der Waals surface area contributed by atoms with Crippen molar-refractivity contribution in [2.45, 2.75) is 7.25 Å². The predicted molar refractivity (Wildman–Crippen MR) is 126 cm³/mol. The van der Waals surface area contributed by atoms with E-state index in [2.05, 4.69) is 119 Å². The van der Waals surface area contributed by atoms with E-state index in [4.69, 9.17) is 11.6 Å². The molecule has 2 nitrogen and oxygen atoms in total. The van der Waals surface area contributed by atoms with Gasteiger partial charge in [0.2, 0.25) is 0 Å². The molecule has 2 atom stereocenters. The van der Waals surface area contributed by atoms with Crippen LogP contribution in [0.4, 0.5) is 0 Å². The molecule has 0 N–H and O–H groups in total. The summed E-state index contributed by atoms with van der Waals surface area (Å²) in [7, 11) is 0. The van der Waals surface area contributed by atoms with Crippen LogP contribution in [0, 0.1) is 0 Å². The molecule has 0 aliphatic heterocycles. The second-order valence-corrected chi connectivity index (χ2v) is 16.1. The summed E-state index contributed by atoms with van der Waals surface area (Å²) < 4.78 is 6.21. The number of fused-ring (bicyclic) bond motifs is 2. The van der Waals surface area contributed by atoms with Crippen LogP contribution < -0.4 is 0 Å². The van der Waals surface area contributed by atoms with Gasteiger partial charge in [-0.1, -0.05) is 0 Å². The van der Waals surface area contributed by atoms with E-state index in [1.807, 2.05) is 0 Å². The Morgan fingerprint density at radius 2 is 1.03 bits per heavy atom. The van der Waals surface area contributed by atoms with Crippen molar-refractivity contribution >= 4 is 35.1 Å². The Balaban J connectivity index is 1.52. The SMILES string of the molecule is Cl[CH2][Zr]([CH]1C(n2cccc2)=Cc2ccccc21)[CH]1C(n2cccc2)=Cc2ccccc21. The van der Waals surface area contributed by atoms with E-state index in [-0.39, 0.29) is 0 Å². The topological polar surface area (TPSA) is 9.86 Å². The van der Waals surface area contributed by atoms with Gasteiger partial charge in [-0.25, -0.2) is 0 Å². The summed E-state index contributed by atoms with van der Waals surface area (Å²) in [6.45, 7) is 0. The predicted octanol–water partition coefficient (Wildman–Crippen LogP) is 6.91. The van der Waals surface area contributed by atoms with Gasteiger partial charge < -0.3 is 0 Å². The van der Waals surface area contributed by atoms with E-state index >= 15 is 0 Å². The minimum absolute atomic E-state index is 0.415. The summed E-state index contributed by atoms with van der Waals surface area (Å²) in [4.78, 5) is 0. The Kier molecular flexibility index (Phi) is 4.97. The molecule has 4 heteroatoms. The van der Waals surface area contributed by atoms with Crippen molar-refractivity contribution in [1.82, 2.24) is 9.13 Å². The molecule has 2 aliphatic rings. The number of rotatable bonds is 5. The second-order valence-electron chi connectivity index (χ2n) is 8.15. The molecule has 4 aromatic rings. The summed E-state index contributed by atoms with van der Waals surface area (Å²) >= 11 is 4.56. The van der Waals surface area contributed by atoms with Gasteiger partial charge in [0, 0.05) is 0 Å². The van der Waals surface area contributed by atoms with Crippen LogP contribution >= 0.6 is 11.6 Å². The van der Waals surface area contributed by atoms with Crippen LogP contribution in [-0.4, -0.2) is 12.7 Å². The van der Waals surface area contributed by atoms with Crippen molar-refractivity contribution in [3.63, 3.8) is 0 Å². The van der Waals surface area contributed by atoms with Gasteiger partial charge in [0.15, 0.2) is 0 Å². The minimum atomic E-state index is -2.37. The van der Waals surface area contributed by atoms with Gasteiger partial charge in [-0.05, 0) is 0 Å². The van der Waals surface area contributed by atoms with Crippen LogP contribution in [0.25, 0.3) is 23.5 Å². The molecule has 0 bridgehead atoms. The molecule has 2 aromatic carbocycles. The molecule has 0 saturated carbocycles. The van der Waals surface area contributed by atoms with E-state index in [9.17, 15) is 0 Å². The zero-order valence-corrected chi connectivity index (χ0v) is 20.2. The molecular formula is C27H22ClN2Zr. The van der Waals surface area contributed by atoms with Crippen molar-refractivity contribution in [2.24, 2.45) is 0 Å². The van der Waals surface area contributed by atoms with Gasteiger partial charge in [-0.15, -0.1) is 0 Å². The molecule has 0 fully saturated rings. The molecule has 6 rings (SSSR count). The zero-order valence-electron chi connectivity index (χ0n) is 17.0. The quantitative estimate of drug-likeness (QED) is 0.263. The summed E-state index contributed by atoms with van der Waals surface area (Å²) in [6.07, 6.45) is 13.5. The first kappa shape index (κ1) is 19.3. The fourth-order valence-corrected chi connectivity index (χ4v) is 14.8. The standard InChI is InChI=1S/2C13H10N.CH2Cl.Zr/c2*1-2-6-12-10-13(9-11(12)5-1)14-7-3-4-8-14;1-2;/h2*1-10H;1H2;. The Morgan fingerprint density at radius 3 is 1.45 bits per heavy atom. The monoisotopic (exact) mass is 499 g/mol.